The van der Waals surface area contributed by atoms with E-state index in [1.165, 1.54) is 11.8 Å². The van der Waals surface area contributed by atoms with Gasteiger partial charge in [0.25, 0.3) is 0 Å². The van der Waals surface area contributed by atoms with Crippen molar-refractivity contribution in [3.05, 3.63) is 60.1 Å². The molecule has 1 aromatic heterocycles. The Morgan fingerprint density at radius 1 is 0.941 bits per heavy atom. The summed E-state index contributed by atoms with van der Waals surface area (Å²) in [7, 11) is 0. The molecular formula is C26H36N2O5S. The smallest absolute Gasteiger partial charge is 0.408 e. The van der Waals surface area contributed by atoms with Crippen molar-refractivity contribution in [2.24, 2.45) is 0 Å². The molecule has 0 fully saturated rings. The molecule has 0 radical (unpaired) electrons. The summed E-state index contributed by atoms with van der Waals surface area (Å²) < 4.78 is 10.6. The van der Waals surface area contributed by atoms with Gasteiger partial charge in [0.15, 0.2) is 5.78 Å². The minimum atomic E-state index is -0.754. The molecule has 0 spiro atoms. The van der Waals surface area contributed by atoms with Crippen LogP contribution in [0.4, 0.5) is 4.79 Å². The predicted molar refractivity (Wildman–Crippen MR) is 134 cm³/mol. The molecule has 0 saturated carbocycles. The zero-order valence-corrected chi connectivity index (χ0v) is 20.9. The fraction of sp³-hybridized carbons (Fsp3) is 0.500. The quantitative estimate of drug-likeness (QED) is 0.335. The predicted octanol–water partition coefficient (Wildman–Crippen LogP) is 5.24. The van der Waals surface area contributed by atoms with Gasteiger partial charge < -0.3 is 19.8 Å². The highest BCUT2D eigenvalue weighted by Gasteiger charge is 2.26. The number of hydrogen-bond acceptors (Lipinski definition) is 6. The second kappa shape index (κ2) is 16.0. The maximum Gasteiger partial charge on any atom is 0.408 e. The van der Waals surface area contributed by atoms with Gasteiger partial charge in [0, 0.05) is 0 Å². The molecule has 2 amide bonds. The summed E-state index contributed by atoms with van der Waals surface area (Å²) in [5.41, 5.74) is 0.865. The third kappa shape index (κ3) is 10.5. The normalized spacial score (nSPS) is 12.5. The van der Waals surface area contributed by atoms with E-state index in [0.29, 0.717) is 18.6 Å². The number of Topliss-reactive ketones (excluding diaryl/α,β-unsaturated/α-hetero) is 1. The van der Waals surface area contributed by atoms with Gasteiger partial charge in [0.1, 0.15) is 18.4 Å². The Labute approximate surface area is 206 Å². The summed E-state index contributed by atoms with van der Waals surface area (Å²) in [4.78, 5) is 38.2. The van der Waals surface area contributed by atoms with Gasteiger partial charge in [-0.05, 0) is 30.5 Å². The third-order valence-corrected chi connectivity index (χ3v) is 6.27. The van der Waals surface area contributed by atoms with E-state index in [0.717, 1.165) is 37.0 Å². The largest absolute Gasteiger partial charge is 0.468 e. The summed E-state index contributed by atoms with van der Waals surface area (Å²) in [6.07, 6.45) is 5.40. The van der Waals surface area contributed by atoms with Gasteiger partial charge in [-0.1, -0.05) is 69.9 Å². The molecule has 2 atom stereocenters. The van der Waals surface area contributed by atoms with Gasteiger partial charge in [-0.2, -0.15) is 0 Å². The van der Waals surface area contributed by atoms with Crippen LogP contribution in [-0.4, -0.2) is 35.6 Å². The molecule has 2 rings (SSSR count). The van der Waals surface area contributed by atoms with Crippen LogP contribution >= 0.6 is 11.8 Å². The molecule has 1 heterocycles. The van der Waals surface area contributed by atoms with E-state index in [1.54, 1.807) is 6.26 Å². The number of amides is 2. The summed E-state index contributed by atoms with van der Waals surface area (Å²) in [5, 5.41) is 5.57. The molecule has 186 valence electrons. The third-order valence-electron chi connectivity index (χ3n) is 5.29. The van der Waals surface area contributed by atoms with Gasteiger partial charge in [-0.3, -0.25) is 9.59 Å². The number of nitrogens with one attached hydrogen (secondary N) is 2. The van der Waals surface area contributed by atoms with Crippen LogP contribution in [0.25, 0.3) is 0 Å². The molecule has 8 heteroatoms. The van der Waals surface area contributed by atoms with E-state index < -0.39 is 18.2 Å². The van der Waals surface area contributed by atoms with Crippen molar-refractivity contribution < 1.29 is 23.5 Å². The topological polar surface area (TPSA) is 97.6 Å². The van der Waals surface area contributed by atoms with Crippen LogP contribution < -0.4 is 10.6 Å². The first-order valence-electron chi connectivity index (χ1n) is 11.9. The molecule has 2 unspecified atom stereocenters. The Kier molecular flexibility index (Phi) is 12.9. The molecule has 0 aliphatic rings. The van der Waals surface area contributed by atoms with Crippen molar-refractivity contribution in [3.63, 3.8) is 0 Å². The lowest BCUT2D eigenvalue weighted by Crippen LogP contribution is -2.52. The fourth-order valence-corrected chi connectivity index (χ4v) is 4.20. The number of hydrogen-bond donors (Lipinski definition) is 2. The van der Waals surface area contributed by atoms with Crippen molar-refractivity contribution in [1.82, 2.24) is 10.6 Å². The summed E-state index contributed by atoms with van der Waals surface area (Å²) >= 11 is 1.46. The molecule has 34 heavy (non-hydrogen) atoms. The number of carbonyl (C=O) groups excluding carboxylic acids is 3. The van der Waals surface area contributed by atoms with Crippen LogP contribution in [0.5, 0.6) is 0 Å². The first-order chi connectivity index (χ1) is 16.5. The number of alkyl carbamates (subject to hydrolysis) is 1. The van der Waals surface area contributed by atoms with Gasteiger partial charge in [0.2, 0.25) is 5.91 Å². The summed E-state index contributed by atoms with van der Waals surface area (Å²) in [6, 6.07) is 11.7. The average molecular weight is 489 g/mol. The number of ketones is 1. The Hall–Kier alpha value is -2.74. The number of furan rings is 1. The molecule has 0 aliphatic carbocycles. The van der Waals surface area contributed by atoms with E-state index in [-0.39, 0.29) is 24.1 Å². The molecule has 0 bridgehead atoms. The number of ether oxygens (including phenoxy) is 1. The lowest BCUT2D eigenvalue weighted by atomic mass is 10.0. The molecule has 0 saturated heterocycles. The van der Waals surface area contributed by atoms with Crippen LogP contribution in [0.15, 0.2) is 53.1 Å². The van der Waals surface area contributed by atoms with Crippen molar-refractivity contribution >= 4 is 29.5 Å². The summed E-state index contributed by atoms with van der Waals surface area (Å²) in [5.74, 6) is 1.31. The molecule has 2 N–H and O–H groups in total. The van der Waals surface area contributed by atoms with E-state index in [1.807, 2.05) is 56.3 Å². The first-order valence-corrected chi connectivity index (χ1v) is 13.1. The van der Waals surface area contributed by atoms with Crippen LogP contribution in [0.3, 0.4) is 0 Å². The zero-order valence-electron chi connectivity index (χ0n) is 20.1. The van der Waals surface area contributed by atoms with Crippen molar-refractivity contribution in [2.45, 2.75) is 76.8 Å². The SMILES string of the molecule is CCCCC(NC(=O)C(CCCC)NC(=O)OCc1ccccc1)C(=O)CSCc1ccco1. The van der Waals surface area contributed by atoms with E-state index in [9.17, 15) is 14.4 Å². The van der Waals surface area contributed by atoms with Crippen LogP contribution in [0, 0.1) is 0 Å². The Balaban J connectivity index is 1.91. The maximum atomic E-state index is 13.0. The second-order valence-electron chi connectivity index (χ2n) is 8.14. The van der Waals surface area contributed by atoms with E-state index >= 15 is 0 Å². The number of unbranched alkanes of at least 4 members (excludes halogenated alkanes) is 2. The lowest BCUT2D eigenvalue weighted by molar-refractivity contribution is -0.128. The molecule has 7 nitrogen and oxygen atoms in total. The van der Waals surface area contributed by atoms with Gasteiger partial charge in [-0.15, -0.1) is 11.8 Å². The van der Waals surface area contributed by atoms with Crippen LogP contribution in [0.1, 0.15) is 63.7 Å². The number of benzene rings is 1. The highest BCUT2D eigenvalue weighted by atomic mass is 32.2. The average Bonchev–Trinajstić information content (AvgIpc) is 3.37. The van der Waals surface area contributed by atoms with Crippen LogP contribution in [0.2, 0.25) is 0 Å². The number of thioether (sulfide) groups is 1. The highest BCUT2D eigenvalue weighted by Crippen LogP contribution is 2.15. The second-order valence-corrected chi connectivity index (χ2v) is 9.13. The van der Waals surface area contributed by atoms with Crippen LogP contribution in [-0.2, 0) is 26.7 Å². The highest BCUT2D eigenvalue weighted by molar-refractivity contribution is 7.99. The maximum absolute atomic E-state index is 13.0. The molecule has 2 aromatic rings. The Morgan fingerprint density at radius 3 is 2.29 bits per heavy atom. The zero-order chi connectivity index (χ0) is 24.6. The lowest BCUT2D eigenvalue weighted by Gasteiger charge is -2.22. The van der Waals surface area contributed by atoms with Gasteiger partial charge in [0.05, 0.1) is 23.8 Å². The summed E-state index contributed by atoms with van der Waals surface area (Å²) in [6.45, 7) is 4.19. The Morgan fingerprint density at radius 2 is 1.65 bits per heavy atom. The minimum absolute atomic E-state index is 0.0285. The molecule has 1 aromatic carbocycles. The number of rotatable bonds is 16. The van der Waals surface area contributed by atoms with Crippen molar-refractivity contribution in [1.29, 1.82) is 0 Å². The fourth-order valence-electron chi connectivity index (χ4n) is 3.33. The number of carbonyl (C=O) groups is 3. The standard InChI is InChI=1S/C26H36N2O5S/c1-3-5-14-22(24(29)19-34-18-21-13-10-16-32-21)27-25(30)23(15-6-4-2)28-26(31)33-17-20-11-8-7-9-12-20/h7-13,16,22-23H,3-6,14-15,17-19H2,1-2H3,(H,27,30)(H,28,31). The van der Waals surface area contributed by atoms with Crippen molar-refractivity contribution in [2.75, 3.05) is 5.75 Å². The van der Waals surface area contributed by atoms with Gasteiger partial charge >= 0.3 is 6.09 Å². The Bertz CT molecular complexity index is 857. The minimum Gasteiger partial charge on any atom is -0.468 e. The van der Waals surface area contributed by atoms with Gasteiger partial charge in [-0.25, -0.2) is 4.79 Å². The first kappa shape index (κ1) is 27.5. The molecular weight excluding hydrogens is 452 g/mol. The van der Waals surface area contributed by atoms with E-state index in [2.05, 4.69) is 10.6 Å². The van der Waals surface area contributed by atoms with Crippen molar-refractivity contribution in [3.8, 4) is 0 Å². The monoisotopic (exact) mass is 488 g/mol. The molecule has 0 aliphatic heterocycles. The van der Waals surface area contributed by atoms with E-state index in [4.69, 9.17) is 9.15 Å².